The first-order valence-corrected chi connectivity index (χ1v) is 5.37. The van der Waals surface area contributed by atoms with E-state index in [0.717, 1.165) is 6.92 Å². The molecular formula is C11H15FN2O5. The minimum atomic E-state index is -2.57. The summed E-state index contributed by atoms with van der Waals surface area (Å²) >= 11 is 0. The number of carbonyl (C=O) groups is 1. The fourth-order valence-electron chi connectivity index (χ4n) is 1.09. The van der Waals surface area contributed by atoms with Crippen LogP contribution < -0.4 is 14.2 Å². The van der Waals surface area contributed by atoms with Crippen LogP contribution in [0.2, 0.25) is 0 Å². The van der Waals surface area contributed by atoms with E-state index in [2.05, 4.69) is 9.97 Å². The standard InChI is InChI=1S/C11H15FN2O5/c1-6(11(2,12)9(15)16)19-10-13-7(17-3)5-8(14-10)18-4/h5-6H,1-4H3,(H,15,16). The number of nitrogens with zero attached hydrogens (tertiary/aromatic N) is 2. The molecule has 0 aromatic carbocycles. The first-order chi connectivity index (χ1) is 8.81. The van der Waals surface area contributed by atoms with E-state index in [1.54, 1.807) is 0 Å². The summed E-state index contributed by atoms with van der Waals surface area (Å²) < 4.78 is 28.7. The summed E-state index contributed by atoms with van der Waals surface area (Å²) in [6.07, 6.45) is -1.29. The third-order valence-corrected chi connectivity index (χ3v) is 2.54. The summed E-state index contributed by atoms with van der Waals surface area (Å²) in [6.45, 7) is 2.17. The molecule has 2 unspecified atom stereocenters. The van der Waals surface area contributed by atoms with Crippen LogP contribution in [0.3, 0.4) is 0 Å². The highest BCUT2D eigenvalue weighted by Gasteiger charge is 2.41. The zero-order chi connectivity index (χ0) is 14.6. The van der Waals surface area contributed by atoms with Crippen molar-refractivity contribution in [1.82, 2.24) is 9.97 Å². The quantitative estimate of drug-likeness (QED) is 0.829. The van der Waals surface area contributed by atoms with Crippen molar-refractivity contribution in [1.29, 1.82) is 0 Å². The van der Waals surface area contributed by atoms with Crippen molar-refractivity contribution in [3.8, 4) is 17.8 Å². The fraction of sp³-hybridized carbons (Fsp3) is 0.545. The van der Waals surface area contributed by atoms with Gasteiger partial charge in [-0.05, 0) is 13.8 Å². The molecule has 1 aromatic heterocycles. The van der Waals surface area contributed by atoms with E-state index in [4.69, 9.17) is 19.3 Å². The van der Waals surface area contributed by atoms with Crippen LogP contribution in [0.25, 0.3) is 0 Å². The molecule has 0 saturated carbocycles. The zero-order valence-electron chi connectivity index (χ0n) is 11.0. The van der Waals surface area contributed by atoms with Crippen molar-refractivity contribution >= 4 is 5.97 Å². The molecular weight excluding hydrogens is 259 g/mol. The number of aromatic nitrogens is 2. The normalized spacial score (nSPS) is 15.2. The molecule has 1 aromatic rings. The van der Waals surface area contributed by atoms with E-state index >= 15 is 0 Å². The number of alkyl halides is 1. The molecule has 1 N–H and O–H groups in total. The van der Waals surface area contributed by atoms with Crippen LogP contribution in [0.4, 0.5) is 4.39 Å². The Morgan fingerprint density at radius 1 is 1.37 bits per heavy atom. The van der Waals surface area contributed by atoms with Crippen LogP contribution >= 0.6 is 0 Å². The summed E-state index contributed by atoms with van der Waals surface area (Å²) in [7, 11) is 2.76. The summed E-state index contributed by atoms with van der Waals surface area (Å²) in [5.41, 5.74) is -2.57. The highest BCUT2D eigenvalue weighted by atomic mass is 19.1. The van der Waals surface area contributed by atoms with Gasteiger partial charge in [-0.2, -0.15) is 9.97 Å². The lowest BCUT2D eigenvalue weighted by Crippen LogP contribution is -2.44. The van der Waals surface area contributed by atoms with Gasteiger partial charge in [-0.1, -0.05) is 0 Å². The minimum absolute atomic E-state index is 0.157. The largest absolute Gasteiger partial charge is 0.481 e. The van der Waals surface area contributed by atoms with Crippen molar-refractivity contribution < 1.29 is 28.5 Å². The van der Waals surface area contributed by atoms with Gasteiger partial charge in [-0.15, -0.1) is 0 Å². The van der Waals surface area contributed by atoms with Crippen LogP contribution in [-0.2, 0) is 4.79 Å². The van der Waals surface area contributed by atoms with Crippen molar-refractivity contribution in [2.45, 2.75) is 25.6 Å². The molecule has 106 valence electrons. The number of carboxylic acids is 1. The third-order valence-electron chi connectivity index (χ3n) is 2.54. The van der Waals surface area contributed by atoms with Gasteiger partial charge >= 0.3 is 12.0 Å². The maximum absolute atomic E-state index is 13.8. The number of aliphatic carboxylic acids is 1. The molecule has 0 spiro atoms. The molecule has 2 atom stereocenters. The summed E-state index contributed by atoms with van der Waals surface area (Å²) in [5, 5.41) is 8.75. The van der Waals surface area contributed by atoms with Gasteiger partial charge < -0.3 is 19.3 Å². The van der Waals surface area contributed by atoms with Gasteiger partial charge in [-0.25, -0.2) is 9.18 Å². The van der Waals surface area contributed by atoms with Crippen LogP contribution in [0.15, 0.2) is 6.07 Å². The molecule has 0 aliphatic rings. The van der Waals surface area contributed by atoms with Gasteiger partial charge in [0.2, 0.25) is 17.4 Å². The van der Waals surface area contributed by atoms with Crippen LogP contribution in [0.1, 0.15) is 13.8 Å². The first-order valence-electron chi connectivity index (χ1n) is 5.37. The number of carboxylic acid groups (broad SMARTS) is 1. The fourth-order valence-corrected chi connectivity index (χ4v) is 1.09. The van der Waals surface area contributed by atoms with Crippen molar-refractivity contribution in [2.75, 3.05) is 14.2 Å². The molecule has 0 aliphatic heterocycles. The van der Waals surface area contributed by atoms with Crippen molar-refractivity contribution in [2.24, 2.45) is 0 Å². The second-order valence-electron chi connectivity index (χ2n) is 3.88. The van der Waals surface area contributed by atoms with Crippen LogP contribution in [0.5, 0.6) is 17.8 Å². The van der Waals surface area contributed by atoms with E-state index in [9.17, 15) is 9.18 Å². The predicted octanol–water partition coefficient (Wildman–Crippen LogP) is 1.07. The van der Waals surface area contributed by atoms with Gasteiger partial charge in [0.1, 0.15) is 6.10 Å². The molecule has 8 heteroatoms. The van der Waals surface area contributed by atoms with Gasteiger partial charge in [0.25, 0.3) is 0 Å². The second-order valence-corrected chi connectivity index (χ2v) is 3.88. The number of hydrogen-bond donors (Lipinski definition) is 1. The molecule has 7 nitrogen and oxygen atoms in total. The van der Waals surface area contributed by atoms with Crippen LogP contribution in [-0.4, -0.2) is 47.0 Å². The number of ether oxygens (including phenoxy) is 3. The maximum atomic E-state index is 13.8. The lowest BCUT2D eigenvalue weighted by Gasteiger charge is -2.23. The van der Waals surface area contributed by atoms with Gasteiger partial charge in [0.15, 0.2) is 0 Å². The molecule has 0 amide bonds. The zero-order valence-corrected chi connectivity index (χ0v) is 11.0. The summed E-state index contributed by atoms with van der Waals surface area (Å²) in [6, 6.07) is 1.18. The van der Waals surface area contributed by atoms with Gasteiger partial charge in [0.05, 0.1) is 20.3 Å². The van der Waals surface area contributed by atoms with E-state index < -0.39 is 17.7 Å². The molecule has 0 aliphatic carbocycles. The Hall–Kier alpha value is -2.12. The lowest BCUT2D eigenvalue weighted by atomic mass is 10.0. The Labute approximate surface area is 109 Å². The molecule has 19 heavy (non-hydrogen) atoms. The Kier molecular flexibility index (Phi) is 4.47. The Balaban J connectivity index is 2.96. The monoisotopic (exact) mass is 274 g/mol. The van der Waals surface area contributed by atoms with Crippen molar-refractivity contribution in [3.63, 3.8) is 0 Å². The van der Waals surface area contributed by atoms with Gasteiger partial charge in [-0.3, -0.25) is 0 Å². The minimum Gasteiger partial charge on any atom is -0.481 e. The maximum Gasteiger partial charge on any atom is 0.345 e. The average molecular weight is 274 g/mol. The molecule has 0 fully saturated rings. The lowest BCUT2D eigenvalue weighted by molar-refractivity contribution is -0.155. The predicted molar refractivity (Wildman–Crippen MR) is 62.4 cm³/mol. The molecule has 0 radical (unpaired) electrons. The summed E-state index contributed by atoms with van der Waals surface area (Å²) in [5.74, 6) is -1.32. The Morgan fingerprint density at radius 3 is 2.21 bits per heavy atom. The second kappa shape index (κ2) is 5.68. The first kappa shape index (κ1) is 14.9. The highest BCUT2D eigenvalue weighted by molar-refractivity contribution is 5.77. The highest BCUT2D eigenvalue weighted by Crippen LogP contribution is 2.23. The average Bonchev–Trinajstić information content (AvgIpc) is 2.37. The van der Waals surface area contributed by atoms with E-state index in [-0.39, 0.29) is 17.8 Å². The molecule has 0 saturated heterocycles. The van der Waals surface area contributed by atoms with E-state index in [1.165, 1.54) is 27.2 Å². The summed E-state index contributed by atoms with van der Waals surface area (Å²) in [4.78, 5) is 18.4. The van der Waals surface area contributed by atoms with Crippen molar-refractivity contribution in [3.05, 3.63) is 6.07 Å². The Bertz CT molecular complexity index is 444. The number of halogens is 1. The van der Waals surface area contributed by atoms with Crippen LogP contribution in [0, 0.1) is 0 Å². The topological polar surface area (TPSA) is 90.8 Å². The molecule has 1 rings (SSSR count). The molecule has 1 heterocycles. The number of hydrogen-bond acceptors (Lipinski definition) is 6. The Morgan fingerprint density at radius 2 is 1.84 bits per heavy atom. The van der Waals surface area contributed by atoms with Gasteiger partial charge in [0, 0.05) is 0 Å². The third kappa shape index (κ3) is 3.43. The SMILES string of the molecule is COc1cc(OC)nc(OC(C)C(C)(F)C(=O)O)n1. The number of methoxy groups -OCH3 is 2. The van der Waals surface area contributed by atoms with E-state index in [1.807, 2.05) is 0 Å². The smallest absolute Gasteiger partial charge is 0.345 e. The molecule has 0 bridgehead atoms. The van der Waals surface area contributed by atoms with E-state index in [0.29, 0.717) is 0 Å². The number of rotatable bonds is 6.